The topological polar surface area (TPSA) is 44.9 Å². The standard InChI is InChI=1S/C12H26N4/c1-12(2,3)14-11(13)16(5)9-10-7-6-8-15(10)4/h10H,6-9H2,1-5H3,(H2,13,14). The predicted octanol–water partition coefficient (Wildman–Crippen LogP) is 1.13. The zero-order valence-corrected chi connectivity index (χ0v) is 11.3. The summed E-state index contributed by atoms with van der Waals surface area (Å²) in [5.41, 5.74) is 5.89. The summed E-state index contributed by atoms with van der Waals surface area (Å²) >= 11 is 0. The molecule has 0 bridgehead atoms. The maximum atomic E-state index is 5.98. The van der Waals surface area contributed by atoms with Gasteiger partial charge in [0.1, 0.15) is 0 Å². The van der Waals surface area contributed by atoms with Crippen molar-refractivity contribution >= 4 is 5.96 Å². The maximum absolute atomic E-state index is 5.98. The average molecular weight is 226 g/mol. The number of guanidine groups is 1. The van der Waals surface area contributed by atoms with E-state index < -0.39 is 0 Å². The molecule has 94 valence electrons. The van der Waals surface area contributed by atoms with E-state index in [-0.39, 0.29) is 5.54 Å². The minimum atomic E-state index is -0.0973. The molecule has 1 aliphatic rings. The first-order chi connectivity index (χ1) is 7.29. The summed E-state index contributed by atoms with van der Waals surface area (Å²) in [6.07, 6.45) is 2.56. The van der Waals surface area contributed by atoms with Gasteiger partial charge in [0.2, 0.25) is 0 Å². The van der Waals surface area contributed by atoms with Gasteiger partial charge in [0.25, 0.3) is 0 Å². The molecule has 1 saturated heterocycles. The highest BCUT2D eigenvalue weighted by molar-refractivity contribution is 5.78. The Labute approximate surface area is 99.5 Å². The molecule has 16 heavy (non-hydrogen) atoms. The number of likely N-dealkylation sites (N-methyl/N-ethyl adjacent to an activating group) is 2. The minimum Gasteiger partial charge on any atom is -0.370 e. The molecule has 2 N–H and O–H groups in total. The van der Waals surface area contributed by atoms with Crippen molar-refractivity contribution < 1.29 is 0 Å². The van der Waals surface area contributed by atoms with Crippen molar-refractivity contribution in [3.63, 3.8) is 0 Å². The second-order valence-corrected chi connectivity index (χ2v) is 5.80. The van der Waals surface area contributed by atoms with Crippen LogP contribution in [-0.2, 0) is 0 Å². The van der Waals surface area contributed by atoms with E-state index in [1.165, 1.54) is 19.4 Å². The maximum Gasteiger partial charge on any atom is 0.191 e. The fraction of sp³-hybridized carbons (Fsp3) is 0.917. The molecule has 0 aromatic rings. The normalized spacial score (nSPS) is 23.8. The zero-order chi connectivity index (χ0) is 12.3. The zero-order valence-electron chi connectivity index (χ0n) is 11.3. The Morgan fingerprint density at radius 1 is 1.50 bits per heavy atom. The number of nitrogens with two attached hydrogens (primary N) is 1. The third-order valence-corrected chi connectivity index (χ3v) is 3.00. The highest BCUT2D eigenvalue weighted by Gasteiger charge is 2.23. The summed E-state index contributed by atoms with van der Waals surface area (Å²) < 4.78 is 0. The third kappa shape index (κ3) is 4.00. The van der Waals surface area contributed by atoms with E-state index >= 15 is 0 Å². The van der Waals surface area contributed by atoms with E-state index in [1.54, 1.807) is 0 Å². The largest absolute Gasteiger partial charge is 0.370 e. The van der Waals surface area contributed by atoms with Gasteiger partial charge in [-0.3, -0.25) is 0 Å². The van der Waals surface area contributed by atoms with Crippen LogP contribution in [-0.4, -0.2) is 54.5 Å². The molecule has 1 atom stereocenters. The molecule has 1 rings (SSSR count). The van der Waals surface area contributed by atoms with Crippen LogP contribution in [0.15, 0.2) is 4.99 Å². The fourth-order valence-corrected chi connectivity index (χ4v) is 2.05. The second kappa shape index (κ2) is 5.04. The number of hydrogen-bond acceptors (Lipinski definition) is 2. The van der Waals surface area contributed by atoms with E-state index in [9.17, 15) is 0 Å². The van der Waals surface area contributed by atoms with Gasteiger partial charge in [-0.25, -0.2) is 4.99 Å². The molecule has 1 unspecified atom stereocenters. The molecular formula is C12H26N4. The Hall–Kier alpha value is -0.770. The number of hydrogen-bond donors (Lipinski definition) is 1. The van der Waals surface area contributed by atoms with Crippen LogP contribution in [0.5, 0.6) is 0 Å². The van der Waals surface area contributed by atoms with E-state index in [0.29, 0.717) is 12.0 Å². The van der Waals surface area contributed by atoms with Crippen molar-refractivity contribution in [2.75, 3.05) is 27.2 Å². The number of likely N-dealkylation sites (tertiary alicyclic amines) is 1. The molecule has 0 amide bonds. The SMILES string of the molecule is CN(CC1CCCN1C)C(N)=NC(C)(C)C. The molecule has 0 aromatic carbocycles. The summed E-state index contributed by atoms with van der Waals surface area (Å²) in [6, 6.07) is 0.624. The summed E-state index contributed by atoms with van der Waals surface area (Å²) in [4.78, 5) is 8.95. The first-order valence-corrected chi connectivity index (χ1v) is 6.06. The lowest BCUT2D eigenvalue weighted by Crippen LogP contribution is -2.43. The fourth-order valence-electron chi connectivity index (χ4n) is 2.05. The summed E-state index contributed by atoms with van der Waals surface area (Å²) in [6.45, 7) is 8.37. The first kappa shape index (κ1) is 13.3. The van der Waals surface area contributed by atoms with Gasteiger partial charge in [0.05, 0.1) is 5.54 Å². The second-order valence-electron chi connectivity index (χ2n) is 5.80. The lowest BCUT2D eigenvalue weighted by molar-refractivity contribution is 0.266. The Morgan fingerprint density at radius 2 is 2.12 bits per heavy atom. The van der Waals surface area contributed by atoms with Gasteiger partial charge < -0.3 is 15.5 Å². The van der Waals surface area contributed by atoms with Crippen LogP contribution < -0.4 is 5.73 Å². The van der Waals surface area contributed by atoms with Gasteiger partial charge in [-0.15, -0.1) is 0 Å². The van der Waals surface area contributed by atoms with Crippen molar-refractivity contribution in [1.29, 1.82) is 0 Å². The van der Waals surface area contributed by atoms with Crippen LogP contribution >= 0.6 is 0 Å². The molecule has 0 aromatic heterocycles. The van der Waals surface area contributed by atoms with Crippen LogP contribution in [0.25, 0.3) is 0 Å². The Bertz CT molecular complexity index is 254. The highest BCUT2D eigenvalue weighted by Crippen LogP contribution is 2.15. The quantitative estimate of drug-likeness (QED) is 0.567. The Morgan fingerprint density at radius 3 is 2.56 bits per heavy atom. The highest BCUT2D eigenvalue weighted by atomic mass is 15.3. The number of nitrogens with zero attached hydrogens (tertiary/aromatic N) is 3. The smallest absolute Gasteiger partial charge is 0.191 e. The summed E-state index contributed by atoms with van der Waals surface area (Å²) in [5.74, 6) is 0.646. The monoisotopic (exact) mass is 226 g/mol. The number of rotatable bonds is 2. The summed E-state index contributed by atoms with van der Waals surface area (Å²) in [5, 5.41) is 0. The van der Waals surface area contributed by atoms with Crippen molar-refractivity contribution in [3.8, 4) is 0 Å². The van der Waals surface area contributed by atoms with Crippen molar-refractivity contribution in [1.82, 2.24) is 9.80 Å². The Kier molecular flexibility index (Phi) is 4.19. The predicted molar refractivity (Wildman–Crippen MR) is 69.7 cm³/mol. The van der Waals surface area contributed by atoms with Crippen LogP contribution in [0.2, 0.25) is 0 Å². The minimum absolute atomic E-state index is 0.0973. The van der Waals surface area contributed by atoms with E-state index in [1.807, 2.05) is 7.05 Å². The molecule has 0 saturated carbocycles. The van der Waals surface area contributed by atoms with Crippen molar-refractivity contribution in [2.24, 2.45) is 10.7 Å². The van der Waals surface area contributed by atoms with E-state index in [0.717, 1.165) is 6.54 Å². The third-order valence-electron chi connectivity index (χ3n) is 3.00. The molecule has 0 spiro atoms. The Balaban J connectivity index is 2.51. The first-order valence-electron chi connectivity index (χ1n) is 6.06. The molecule has 1 aliphatic heterocycles. The van der Waals surface area contributed by atoms with E-state index in [4.69, 9.17) is 5.73 Å². The van der Waals surface area contributed by atoms with Gasteiger partial charge in [-0.1, -0.05) is 0 Å². The average Bonchev–Trinajstić information content (AvgIpc) is 2.49. The van der Waals surface area contributed by atoms with Crippen molar-refractivity contribution in [2.45, 2.75) is 45.2 Å². The molecule has 4 heteroatoms. The van der Waals surface area contributed by atoms with Crippen LogP contribution in [0, 0.1) is 0 Å². The van der Waals surface area contributed by atoms with Crippen LogP contribution in [0.1, 0.15) is 33.6 Å². The molecular weight excluding hydrogens is 200 g/mol. The summed E-state index contributed by atoms with van der Waals surface area (Å²) in [7, 11) is 4.21. The van der Waals surface area contributed by atoms with Gasteiger partial charge in [-0.05, 0) is 47.2 Å². The van der Waals surface area contributed by atoms with Gasteiger partial charge >= 0.3 is 0 Å². The van der Waals surface area contributed by atoms with Gasteiger partial charge in [-0.2, -0.15) is 0 Å². The van der Waals surface area contributed by atoms with Gasteiger partial charge in [0.15, 0.2) is 5.96 Å². The number of aliphatic imine (C=N–C) groups is 1. The van der Waals surface area contributed by atoms with Gasteiger partial charge in [0, 0.05) is 19.6 Å². The van der Waals surface area contributed by atoms with Crippen LogP contribution in [0.3, 0.4) is 0 Å². The van der Waals surface area contributed by atoms with E-state index in [2.05, 4.69) is 42.6 Å². The molecule has 1 heterocycles. The molecule has 1 fully saturated rings. The molecule has 0 radical (unpaired) electrons. The lowest BCUT2D eigenvalue weighted by Gasteiger charge is -2.27. The lowest BCUT2D eigenvalue weighted by atomic mass is 10.1. The van der Waals surface area contributed by atoms with Crippen LogP contribution in [0.4, 0.5) is 0 Å². The molecule has 0 aliphatic carbocycles. The van der Waals surface area contributed by atoms with Crippen molar-refractivity contribution in [3.05, 3.63) is 0 Å². The molecule has 4 nitrogen and oxygen atoms in total.